The summed E-state index contributed by atoms with van der Waals surface area (Å²) in [6.07, 6.45) is 5.76. The molecule has 0 unspecified atom stereocenters. The summed E-state index contributed by atoms with van der Waals surface area (Å²) < 4.78 is 10.9. The molecular weight excluding hydrogens is 446 g/mol. The zero-order valence-electron chi connectivity index (χ0n) is 21.9. The number of benzene rings is 3. The molecule has 0 saturated carbocycles. The van der Waals surface area contributed by atoms with Crippen LogP contribution in [0.4, 0.5) is 0 Å². The molecule has 3 rings (SSSR count). The molecule has 0 bridgehead atoms. The zero-order chi connectivity index (χ0) is 25.4. The van der Waals surface area contributed by atoms with Gasteiger partial charge in [0.1, 0.15) is 0 Å². The summed E-state index contributed by atoms with van der Waals surface area (Å²) in [5.41, 5.74) is 3.73. The highest BCUT2D eigenvalue weighted by molar-refractivity contribution is 5.69. The van der Waals surface area contributed by atoms with Crippen LogP contribution in [0.1, 0.15) is 68.2 Å². The van der Waals surface area contributed by atoms with Crippen molar-refractivity contribution in [2.75, 3.05) is 13.7 Å². The number of hydrogen-bond donors (Lipinski definition) is 0. The molecule has 4 nitrogen and oxygen atoms in total. The van der Waals surface area contributed by atoms with E-state index < -0.39 is 0 Å². The highest BCUT2D eigenvalue weighted by Gasteiger charge is 2.27. The molecule has 192 valence electrons. The zero-order valence-corrected chi connectivity index (χ0v) is 21.9. The van der Waals surface area contributed by atoms with Crippen LogP contribution in [-0.4, -0.2) is 30.6 Å². The van der Waals surface area contributed by atoms with Gasteiger partial charge >= 0.3 is 5.97 Å². The molecule has 36 heavy (non-hydrogen) atoms. The van der Waals surface area contributed by atoms with Gasteiger partial charge in [-0.25, -0.2) is 0 Å². The minimum atomic E-state index is -0.146. The van der Waals surface area contributed by atoms with E-state index in [0.29, 0.717) is 13.0 Å². The van der Waals surface area contributed by atoms with Crippen LogP contribution in [0.3, 0.4) is 0 Å². The minimum Gasteiger partial charge on any atom is -0.469 e. The first-order valence-corrected chi connectivity index (χ1v) is 13.2. The lowest BCUT2D eigenvalue weighted by molar-refractivity contribution is -0.142. The van der Waals surface area contributed by atoms with Crippen LogP contribution in [0, 0.1) is 0 Å². The number of rotatable bonds is 16. The summed E-state index contributed by atoms with van der Waals surface area (Å²) in [6, 6.07) is 31.7. The van der Waals surface area contributed by atoms with E-state index in [-0.39, 0.29) is 18.1 Å². The number of carbonyl (C=O) groups excluding carboxylic acids is 1. The molecule has 3 aromatic rings. The summed E-state index contributed by atoms with van der Waals surface area (Å²) in [7, 11) is 1.48. The van der Waals surface area contributed by atoms with Crippen molar-refractivity contribution in [1.82, 2.24) is 4.90 Å². The Kier molecular flexibility index (Phi) is 12.2. The van der Waals surface area contributed by atoms with Crippen molar-refractivity contribution in [3.63, 3.8) is 0 Å². The van der Waals surface area contributed by atoms with Crippen molar-refractivity contribution in [1.29, 1.82) is 0 Å². The van der Waals surface area contributed by atoms with Gasteiger partial charge in [-0.05, 0) is 36.5 Å². The van der Waals surface area contributed by atoms with E-state index in [4.69, 9.17) is 9.47 Å². The Morgan fingerprint density at radius 1 is 0.778 bits per heavy atom. The second kappa shape index (κ2) is 15.9. The molecule has 0 fully saturated rings. The van der Waals surface area contributed by atoms with Gasteiger partial charge in [0.25, 0.3) is 0 Å². The van der Waals surface area contributed by atoms with Crippen LogP contribution in [0.15, 0.2) is 91.0 Å². The third-order valence-corrected chi connectivity index (χ3v) is 6.77. The molecule has 2 atom stereocenters. The predicted molar refractivity (Wildman–Crippen MR) is 146 cm³/mol. The average molecular weight is 488 g/mol. The number of esters is 1. The van der Waals surface area contributed by atoms with Crippen molar-refractivity contribution in [2.45, 2.75) is 70.7 Å². The summed E-state index contributed by atoms with van der Waals surface area (Å²) in [5.74, 6) is -0.146. The number of nitrogens with zero attached hydrogens (tertiary/aromatic N) is 1. The van der Waals surface area contributed by atoms with Crippen LogP contribution >= 0.6 is 0 Å². The summed E-state index contributed by atoms with van der Waals surface area (Å²) in [4.78, 5) is 14.9. The lowest BCUT2D eigenvalue weighted by Crippen LogP contribution is -2.38. The molecule has 4 heteroatoms. The molecule has 0 aliphatic rings. The minimum absolute atomic E-state index is 0.113. The summed E-state index contributed by atoms with van der Waals surface area (Å²) >= 11 is 0. The van der Waals surface area contributed by atoms with E-state index in [1.54, 1.807) is 0 Å². The molecular formula is C32H41NO3. The Morgan fingerprint density at radius 3 is 2.00 bits per heavy atom. The predicted octanol–water partition coefficient (Wildman–Crippen LogP) is 7.35. The first kappa shape index (κ1) is 27.6. The van der Waals surface area contributed by atoms with E-state index in [2.05, 4.69) is 72.5 Å². The lowest BCUT2D eigenvalue weighted by atomic mass is 9.97. The van der Waals surface area contributed by atoms with Crippen LogP contribution in [0.5, 0.6) is 0 Å². The molecule has 0 radical (unpaired) electrons. The molecule has 3 aromatic carbocycles. The van der Waals surface area contributed by atoms with E-state index >= 15 is 0 Å². The molecule has 0 heterocycles. The van der Waals surface area contributed by atoms with Gasteiger partial charge in [-0.15, -0.1) is 0 Å². The molecule has 0 aliphatic heterocycles. The van der Waals surface area contributed by atoms with Gasteiger partial charge in [0.2, 0.25) is 0 Å². The Balaban J connectivity index is 1.56. The highest BCUT2D eigenvalue weighted by Crippen LogP contribution is 2.29. The average Bonchev–Trinajstić information content (AvgIpc) is 2.93. The van der Waals surface area contributed by atoms with E-state index in [1.807, 2.05) is 30.3 Å². The van der Waals surface area contributed by atoms with Gasteiger partial charge in [-0.2, -0.15) is 0 Å². The SMILES string of the molecule is COC(=O)C[C@@H](CCCCCCOCc1ccccc1)N(Cc1ccccc1)[C@H](C)c1ccccc1. The highest BCUT2D eigenvalue weighted by atomic mass is 16.5. The second-order valence-electron chi connectivity index (χ2n) is 9.42. The first-order chi connectivity index (χ1) is 17.7. The van der Waals surface area contributed by atoms with Crippen molar-refractivity contribution in [3.8, 4) is 0 Å². The van der Waals surface area contributed by atoms with E-state index in [9.17, 15) is 4.79 Å². The van der Waals surface area contributed by atoms with Gasteiger partial charge in [-0.1, -0.05) is 110 Å². The van der Waals surface area contributed by atoms with E-state index in [0.717, 1.165) is 45.3 Å². The quantitative estimate of drug-likeness (QED) is 0.156. The molecule has 0 aromatic heterocycles. The fourth-order valence-corrected chi connectivity index (χ4v) is 4.66. The Bertz CT molecular complexity index is 978. The largest absolute Gasteiger partial charge is 0.469 e. The maximum Gasteiger partial charge on any atom is 0.307 e. The van der Waals surface area contributed by atoms with Gasteiger partial charge in [-0.3, -0.25) is 9.69 Å². The molecule has 0 N–H and O–H groups in total. The van der Waals surface area contributed by atoms with Gasteiger partial charge in [0, 0.05) is 25.2 Å². The molecule has 0 aliphatic carbocycles. The second-order valence-corrected chi connectivity index (χ2v) is 9.42. The third-order valence-electron chi connectivity index (χ3n) is 6.77. The van der Waals surface area contributed by atoms with Gasteiger partial charge in [0.15, 0.2) is 0 Å². The number of hydrogen-bond acceptors (Lipinski definition) is 4. The van der Waals surface area contributed by atoms with Gasteiger partial charge in [0.05, 0.1) is 20.1 Å². The van der Waals surface area contributed by atoms with Crippen molar-refractivity contribution in [2.24, 2.45) is 0 Å². The summed E-state index contributed by atoms with van der Waals surface area (Å²) in [6.45, 7) is 4.50. The molecule has 0 saturated heterocycles. The normalized spacial score (nSPS) is 12.9. The number of carbonyl (C=O) groups is 1. The maximum atomic E-state index is 12.4. The lowest BCUT2D eigenvalue weighted by Gasteiger charge is -2.37. The van der Waals surface area contributed by atoms with Crippen LogP contribution in [-0.2, 0) is 27.4 Å². The van der Waals surface area contributed by atoms with Crippen molar-refractivity contribution < 1.29 is 14.3 Å². The maximum absolute atomic E-state index is 12.4. The number of unbranched alkanes of at least 4 members (excludes halogenated alkanes) is 3. The fourth-order valence-electron chi connectivity index (χ4n) is 4.66. The standard InChI is InChI=1S/C32H41NO3/c1-27(30-20-12-7-13-21-30)33(25-28-16-8-5-9-17-28)31(24-32(34)35-2)22-14-3-4-15-23-36-26-29-18-10-6-11-19-29/h5-13,16-21,27,31H,3-4,14-15,22-26H2,1-2H3/t27-,31-/m1/s1. The van der Waals surface area contributed by atoms with Gasteiger partial charge < -0.3 is 9.47 Å². The van der Waals surface area contributed by atoms with Crippen LogP contribution in [0.2, 0.25) is 0 Å². The van der Waals surface area contributed by atoms with Crippen molar-refractivity contribution >= 4 is 5.97 Å². The Hall–Kier alpha value is -2.95. The molecule has 0 amide bonds. The smallest absolute Gasteiger partial charge is 0.307 e. The van der Waals surface area contributed by atoms with E-state index in [1.165, 1.54) is 23.8 Å². The molecule has 0 spiro atoms. The van der Waals surface area contributed by atoms with Crippen LogP contribution < -0.4 is 0 Å². The topological polar surface area (TPSA) is 38.8 Å². The van der Waals surface area contributed by atoms with Crippen LogP contribution in [0.25, 0.3) is 0 Å². The summed E-state index contributed by atoms with van der Waals surface area (Å²) in [5, 5.41) is 0. The Morgan fingerprint density at radius 2 is 1.36 bits per heavy atom. The third kappa shape index (κ3) is 9.60. The number of methoxy groups -OCH3 is 1. The number of ether oxygens (including phenoxy) is 2. The fraction of sp³-hybridized carbons (Fsp3) is 0.406. The monoisotopic (exact) mass is 487 g/mol. The Labute approximate surface area is 217 Å². The van der Waals surface area contributed by atoms with Crippen molar-refractivity contribution in [3.05, 3.63) is 108 Å². The first-order valence-electron chi connectivity index (χ1n) is 13.2.